The Labute approximate surface area is 172 Å². The number of fused-ring (bicyclic) bond motifs is 2. The van der Waals surface area contributed by atoms with Gasteiger partial charge in [-0.05, 0) is 42.6 Å². The largest absolute Gasteiger partial charge is 0.497 e. The highest BCUT2D eigenvalue weighted by molar-refractivity contribution is 5.85. The van der Waals surface area contributed by atoms with Crippen molar-refractivity contribution < 1.29 is 14.3 Å². The van der Waals surface area contributed by atoms with E-state index in [2.05, 4.69) is 22.3 Å². The van der Waals surface area contributed by atoms with Gasteiger partial charge in [-0.15, -0.1) is 12.4 Å². The molecule has 0 radical (unpaired) electrons. The highest BCUT2D eigenvalue weighted by Gasteiger charge is 2.59. The van der Waals surface area contributed by atoms with Crippen LogP contribution in [0.3, 0.4) is 0 Å². The summed E-state index contributed by atoms with van der Waals surface area (Å²) in [5.74, 6) is 3.35. The lowest BCUT2D eigenvalue weighted by Gasteiger charge is -2.29. The molecule has 0 spiro atoms. The molecule has 4 fully saturated rings. The standard InChI is InChI=1S/C21H27N3O3.ClH/c1-12(25)24-10-14-9-23(21(26)19-16-7-22-8-17(16)19)11-18(14)20(24)13-3-5-15(27-2)6-4-13;/h3-6,14,16-20,22H,7-11H2,1-2H3;1H/t14-,16-,17+,18-,19?,20+;/m1./s1. The molecule has 5 rings (SSSR count). The Kier molecular flexibility index (Phi) is 5.04. The van der Waals surface area contributed by atoms with Gasteiger partial charge in [0.05, 0.1) is 13.2 Å². The summed E-state index contributed by atoms with van der Waals surface area (Å²) in [7, 11) is 1.66. The third-order valence-corrected chi connectivity index (χ3v) is 7.21. The van der Waals surface area contributed by atoms with E-state index in [1.165, 1.54) is 0 Å². The second-order valence-corrected chi connectivity index (χ2v) is 8.57. The maximum atomic E-state index is 13.0. The Balaban J connectivity index is 0.00000192. The van der Waals surface area contributed by atoms with Crippen LogP contribution in [-0.2, 0) is 9.59 Å². The van der Waals surface area contributed by atoms with Gasteiger partial charge in [0.2, 0.25) is 11.8 Å². The molecule has 6 atom stereocenters. The number of ether oxygens (including phenoxy) is 1. The van der Waals surface area contributed by atoms with Crippen LogP contribution in [0.25, 0.3) is 0 Å². The minimum absolute atomic E-state index is 0. The molecule has 3 heterocycles. The average molecular weight is 406 g/mol. The fraction of sp³-hybridized carbons (Fsp3) is 0.619. The van der Waals surface area contributed by atoms with Gasteiger partial charge in [-0.1, -0.05) is 12.1 Å². The molecule has 1 aliphatic carbocycles. The maximum absolute atomic E-state index is 13.0. The fourth-order valence-electron chi connectivity index (χ4n) is 5.77. The van der Waals surface area contributed by atoms with Crippen LogP contribution >= 0.6 is 12.4 Å². The topological polar surface area (TPSA) is 61.9 Å². The van der Waals surface area contributed by atoms with Crippen molar-refractivity contribution in [1.82, 2.24) is 15.1 Å². The summed E-state index contributed by atoms with van der Waals surface area (Å²) < 4.78 is 5.27. The number of methoxy groups -OCH3 is 1. The molecule has 3 saturated heterocycles. The van der Waals surface area contributed by atoms with Crippen molar-refractivity contribution in [2.24, 2.45) is 29.6 Å². The molecule has 6 nitrogen and oxygen atoms in total. The number of benzene rings is 1. The molecule has 152 valence electrons. The van der Waals surface area contributed by atoms with E-state index >= 15 is 0 Å². The smallest absolute Gasteiger partial charge is 0.226 e. The quantitative estimate of drug-likeness (QED) is 0.829. The summed E-state index contributed by atoms with van der Waals surface area (Å²) in [5, 5.41) is 3.37. The number of halogens is 1. The zero-order chi connectivity index (χ0) is 18.7. The van der Waals surface area contributed by atoms with Crippen LogP contribution in [0.2, 0.25) is 0 Å². The van der Waals surface area contributed by atoms with Gasteiger partial charge < -0.3 is 19.9 Å². The molecule has 0 aromatic heterocycles. The summed E-state index contributed by atoms with van der Waals surface area (Å²) in [6.07, 6.45) is 0. The van der Waals surface area contributed by atoms with Crippen molar-refractivity contribution in [3.8, 4) is 5.75 Å². The summed E-state index contributed by atoms with van der Waals surface area (Å²) >= 11 is 0. The summed E-state index contributed by atoms with van der Waals surface area (Å²) in [4.78, 5) is 29.3. The highest BCUT2D eigenvalue weighted by Crippen LogP contribution is 2.51. The molecule has 28 heavy (non-hydrogen) atoms. The van der Waals surface area contributed by atoms with Gasteiger partial charge in [-0.3, -0.25) is 9.59 Å². The lowest BCUT2D eigenvalue weighted by Crippen LogP contribution is -2.38. The number of piperidine rings is 1. The van der Waals surface area contributed by atoms with E-state index in [0.717, 1.165) is 44.0 Å². The summed E-state index contributed by atoms with van der Waals surface area (Å²) in [6.45, 7) is 5.96. The van der Waals surface area contributed by atoms with Crippen LogP contribution in [0.5, 0.6) is 5.75 Å². The normalized spacial score (nSPS) is 35.2. The summed E-state index contributed by atoms with van der Waals surface area (Å²) in [6, 6.07) is 8.08. The molecule has 1 N–H and O–H groups in total. The predicted molar refractivity (Wildman–Crippen MR) is 107 cm³/mol. The molecule has 2 amide bonds. The van der Waals surface area contributed by atoms with Crippen molar-refractivity contribution in [1.29, 1.82) is 0 Å². The lowest BCUT2D eigenvalue weighted by molar-refractivity contribution is -0.133. The van der Waals surface area contributed by atoms with E-state index in [0.29, 0.717) is 29.6 Å². The first-order valence-corrected chi connectivity index (χ1v) is 9.99. The highest BCUT2D eigenvalue weighted by atomic mass is 35.5. The predicted octanol–water partition coefficient (Wildman–Crippen LogP) is 1.56. The van der Waals surface area contributed by atoms with Crippen LogP contribution in [0, 0.1) is 29.6 Å². The first kappa shape index (κ1) is 19.5. The fourth-order valence-corrected chi connectivity index (χ4v) is 5.77. The Hall–Kier alpha value is -1.79. The van der Waals surface area contributed by atoms with Crippen LogP contribution < -0.4 is 10.1 Å². The molecular weight excluding hydrogens is 378 g/mol. The minimum Gasteiger partial charge on any atom is -0.497 e. The van der Waals surface area contributed by atoms with E-state index in [1.807, 2.05) is 17.0 Å². The monoisotopic (exact) mass is 405 g/mol. The van der Waals surface area contributed by atoms with Gasteiger partial charge in [-0.25, -0.2) is 0 Å². The number of hydrogen-bond acceptors (Lipinski definition) is 4. The molecule has 3 aliphatic heterocycles. The second-order valence-electron chi connectivity index (χ2n) is 8.57. The Bertz CT molecular complexity index is 761. The number of rotatable bonds is 3. The number of nitrogens with zero attached hydrogens (tertiary/aromatic N) is 2. The van der Waals surface area contributed by atoms with E-state index in [9.17, 15) is 9.59 Å². The van der Waals surface area contributed by atoms with Crippen molar-refractivity contribution in [2.45, 2.75) is 13.0 Å². The van der Waals surface area contributed by atoms with Gasteiger partial charge in [-0.2, -0.15) is 0 Å². The zero-order valence-electron chi connectivity index (χ0n) is 16.3. The van der Waals surface area contributed by atoms with Crippen LogP contribution in [0.15, 0.2) is 24.3 Å². The van der Waals surface area contributed by atoms with E-state index in [-0.39, 0.29) is 30.3 Å². The third-order valence-electron chi connectivity index (χ3n) is 7.21. The molecule has 4 aliphatic rings. The number of nitrogens with one attached hydrogen (secondary N) is 1. The number of carbonyl (C=O) groups is 2. The van der Waals surface area contributed by atoms with Crippen LogP contribution in [0.4, 0.5) is 0 Å². The maximum Gasteiger partial charge on any atom is 0.226 e. The van der Waals surface area contributed by atoms with Gasteiger partial charge in [0.1, 0.15) is 5.75 Å². The molecule has 7 heteroatoms. The van der Waals surface area contributed by atoms with Crippen molar-refractivity contribution in [2.75, 3.05) is 39.8 Å². The Morgan fingerprint density at radius 1 is 1.04 bits per heavy atom. The number of hydrogen-bond donors (Lipinski definition) is 1. The van der Waals surface area contributed by atoms with Gasteiger partial charge >= 0.3 is 0 Å². The Morgan fingerprint density at radius 2 is 1.71 bits per heavy atom. The van der Waals surface area contributed by atoms with Crippen molar-refractivity contribution in [3.05, 3.63) is 29.8 Å². The third kappa shape index (κ3) is 2.98. The minimum atomic E-state index is 0. The number of likely N-dealkylation sites (tertiary alicyclic amines) is 2. The molecule has 1 saturated carbocycles. The van der Waals surface area contributed by atoms with Crippen molar-refractivity contribution in [3.63, 3.8) is 0 Å². The first-order chi connectivity index (χ1) is 13.1. The van der Waals surface area contributed by atoms with Crippen molar-refractivity contribution >= 4 is 24.2 Å². The van der Waals surface area contributed by atoms with Crippen LogP contribution in [-0.4, -0.2) is 61.4 Å². The van der Waals surface area contributed by atoms with Crippen LogP contribution in [0.1, 0.15) is 18.5 Å². The summed E-state index contributed by atoms with van der Waals surface area (Å²) in [5.41, 5.74) is 1.14. The van der Waals surface area contributed by atoms with Gasteiger partial charge in [0, 0.05) is 44.3 Å². The van der Waals surface area contributed by atoms with E-state index in [1.54, 1.807) is 14.0 Å². The first-order valence-electron chi connectivity index (χ1n) is 9.99. The van der Waals surface area contributed by atoms with Gasteiger partial charge in [0.25, 0.3) is 0 Å². The molecule has 1 aromatic carbocycles. The van der Waals surface area contributed by atoms with Gasteiger partial charge in [0.15, 0.2) is 0 Å². The Morgan fingerprint density at radius 3 is 2.32 bits per heavy atom. The molecule has 0 bridgehead atoms. The SMILES string of the molecule is COc1ccc([C@H]2[C@@H]3CN(C(=O)C4[C@H]5CNC[C@@H]45)C[C@@H]3CN2C(C)=O)cc1.Cl. The molecule has 1 unspecified atom stereocenters. The zero-order valence-corrected chi connectivity index (χ0v) is 17.2. The average Bonchev–Trinajstić information content (AvgIpc) is 3.06. The number of carbonyl (C=O) groups excluding carboxylic acids is 2. The van der Waals surface area contributed by atoms with E-state index < -0.39 is 0 Å². The second kappa shape index (κ2) is 7.23. The molecular formula is C21H28ClN3O3. The molecule has 1 aromatic rings. The lowest BCUT2D eigenvalue weighted by atomic mass is 9.89. The van der Waals surface area contributed by atoms with E-state index in [4.69, 9.17) is 4.74 Å². The number of amides is 2.